The van der Waals surface area contributed by atoms with E-state index in [1.807, 2.05) is 6.07 Å². The molecule has 6 nitrogen and oxygen atoms in total. The molecule has 0 unspecified atom stereocenters. The molecular weight excluding hydrogens is 270 g/mol. The Kier molecular flexibility index (Phi) is 4.05. The Morgan fingerprint density at radius 3 is 3.00 bits per heavy atom. The Morgan fingerprint density at radius 1 is 1.48 bits per heavy atom. The van der Waals surface area contributed by atoms with Crippen LogP contribution in [-0.4, -0.2) is 47.8 Å². The molecule has 1 aromatic heterocycles. The molecular formula is C15H21N3O3. The van der Waals surface area contributed by atoms with E-state index >= 15 is 0 Å². The van der Waals surface area contributed by atoms with Crippen LogP contribution in [0.4, 0.5) is 5.82 Å². The molecule has 3 rings (SSSR count). The van der Waals surface area contributed by atoms with Crippen LogP contribution in [-0.2, 0) is 9.47 Å². The molecule has 1 aliphatic carbocycles. The van der Waals surface area contributed by atoms with E-state index in [-0.39, 0.29) is 18.0 Å². The molecule has 0 spiro atoms. The van der Waals surface area contributed by atoms with Gasteiger partial charge in [0.05, 0.1) is 18.8 Å². The summed E-state index contributed by atoms with van der Waals surface area (Å²) in [5.41, 5.74) is 0. The van der Waals surface area contributed by atoms with E-state index in [2.05, 4.69) is 21.8 Å². The lowest BCUT2D eigenvalue weighted by Gasteiger charge is -2.37. The first-order valence-corrected chi connectivity index (χ1v) is 7.58. The number of rotatable bonds is 4. The van der Waals surface area contributed by atoms with E-state index in [1.54, 1.807) is 13.1 Å². The molecule has 0 N–H and O–H groups in total. The molecule has 114 valence electrons. The van der Waals surface area contributed by atoms with Crippen molar-refractivity contribution in [1.29, 1.82) is 0 Å². The van der Waals surface area contributed by atoms with Crippen molar-refractivity contribution >= 4 is 11.8 Å². The van der Waals surface area contributed by atoms with Crippen molar-refractivity contribution < 1.29 is 14.3 Å². The minimum atomic E-state index is -0.473. The van der Waals surface area contributed by atoms with E-state index in [1.165, 1.54) is 12.8 Å². The second-order valence-corrected chi connectivity index (χ2v) is 5.69. The second-order valence-electron chi connectivity index (χ2n) is 5.69. The van der Waals surface area contributed by atoms with E-state index < -0.39 is 5.97 Å². The molecule has 0 radical (unpaired) electrons. The molecule has 0 aromatic carbocycles. The minimum absolute atomic E-state index is 0.122. The van der Waals surface area contributed by atoms with Crippen LogP contribution in [0.3, 0.4) is 0 Å². The van der Waals surface area contributed by atoms with Crippen molar-refractivity contribution in [3.05, 3.63) is 18.1 Å². The monoisotopic (exact) mass is 291 g/mol. The first kappa shape index (κ1) is 14.3. The van der Waals surface area contributed by atoms with Gasteiger partial charge in [0.1, 0.15) is 5.82 Å². The average molecular weight is 291 g/mol. The quantitative estimate of drug-likeness (QED) is 0.786. The number of carbonyl (C=O) groups excluding carboxylic acids is 1. The predicted molar refractivity (Wildman–Crippen MR) is 77.3 cm³/mol. The van der Waals surface area contributed by atoms with E-state index in [0.29, 0.717) is 12.5 Å². The topological polar surface area (TPSA) is 64.5 Å². The smallest absolute Gasteiger partial charge is 0.376 e. The van der Waals surface area contributed by atoms with Gasteiger partial charge in [0.15, 0.2) is 0 Å². The third kappa shape index (κ3) is 3.32. The normalized spacial score (nSPS) is 25.7. The van der Waals surface area contributed by atoms with Crippen molar-refractivity contribution in [1.82, 2.24) is 9.97 Å². The van der Waals surface area contributed by atoms with Crippen LogP contribution in [0.25, 0.3) is 0 Å². The number of anilines is 1. The summed E-state index contributed by atoms with van der Waals surface area (Å²) >= 11 is 0. The van der Waals surface area contributed by atoms with Crippen LogP contribution in [0.1, 0.15) is 37.3 Å². The molecule has 0 amide bonds. The molecule has 1 aromatic rings. The fourth-order valence-corrected chi connectivity index (χ4v) is 2.72. The molecule has 21 heavy (non-hydrogen) atoms. The summed E-state index contributed by atoms with van der Waals surface area (Å²) in [5.74, 6) is 1.10. The van der Waals surface area contributed by atoms with Crippen LogP contribution in [0.2, 0.25) is 0 Å². The largest absolute Gasteiger partial charge is 0.460 e. The van der Waals surface area contributed by atoms with Gasteiger partial charge in [-0.05, 0) is 38.7 Å². The van der Waals surface area contributed by atoms with Crippen LogP contribution in [0, 0.1) is 5.92 Å². The zero-order chi connectivity index (χ0) is 14.8. The van der Waals surface area contributed by atoms with Crippen LogP contribution in [0.15, 0.2) is 12.3 Å². The van der Waals surface area contributed by atoms with Gasteiger partial charge < -0.3 is 14.4 Å². The maximum atomic E-state index is 11.7. The van der Waals surface area contributed by atoms with E-state index in [4.69, 9.17) is 9.47 Å². The second kappa shape index (κ2) is 5.97. The fraction of sp³-hybridized carbons (Fsp3) is 0.667. The molecule has 6 heteroatoms. The first-order valence-electron chi connectivity index (χ1n) is 7.58. The third-order valence-corrected chi connectivity index (χ3v) is 3.86. The maximum Gasteiger partial charge on any atom is 0.376 e. The number of aromatic nitrogens is 2. The molecule has 1 saturated carbocycles. The van der Waals surface area contributed by atoms with Gasteiger partial charge in [0, 0.05) is 19.3 Å². The summed E-state index contributed by atoms with van der Waals surface area (Å²) in [6, 6.07) is 1.84. The van der Waals surface area contributed by atoms with Crippen LogP contribution in [0.5, 0.6) is 0 Å². The van der Waals surface area contributed by atoms with Crippen LogP contribution < -0.4 is 4.90 Å². The van der Waals surface area contributed by atoms with Gasteiger partial charge in [-0.3, -0.25) is 0 Å². The Hall–Kier alpha value is -1.69. The number of ether oxygens (including phenoxy) is 2. The Balaban J connectivity index is 1.75. The lowest BCUT2D eigenvalue weighted by molar-refractivity contribution is -0.0273. The highest BCUT2D eigenvalue weighted by Crippen LogP contribution is 2.37. The molecule has 0 bridgehead atoms. The van der Waals surface area contributed by atoms with Gasteiger partial charge in [-0.1, -0.05) is 0 Å². The number of morpholine rings is 1. The molecule has 1 aliphatic heterocycles. The van der Waals surface area contributed by atoms with Gasteiger partial charge in [-0.15, -0.1) is 0 Å². The molecule has 2 heterocycles. The average Bonchev–Trinajstić information content (AvgIpc) is 3.32. The highest BCUT2D eigenvalue weighted by atomic mass is 16.5. The number of hydrogen-bond acceptors (Lipinski definition) is 6. The lowest BCUT2D eigenvalue weighted by atomic mass is 10.1. The van der Waals surface area contributed by atoms with Crippen molar-refractivity contribution in [2.75, 3.05) is 24.6 Å². The SMILES string of the molecule is CCOC(=O)c1nccc(N2C[C@@H](C)O[C@H](C3CC3)C2)n1. The summed E-state index contributed by atoms with van der Waals surface area (Å²) in [6.45, 7) is 5.78. The summed E-state index contributed by atoms with van der Waals surface area (Å²) in [4.78, 5) is 22.3. The molecule has 1 saturated heterocycles. The Morgan fingerprint density at radius 2 is 2.29 bits per heavy atom. The molecule has 2 atom stereocenters. The fourth-order valence-electron chi connectivity index (χ4n) is 2.72. The molecule has 2 aliphatic rings. The van der Waals surface area contributed by atoms with Gasteiger partial charge in [0.2, 0.25) is 5.82 Å². The Labute approximate surface area is 124 Å². The van der Waals surface area contributed by atoms with E-state index in [0.717, 1.165) is 18.9 Å². The van der Waals surface area contributed by atoms with Crippen LogP contribution >= 0.6 is 0 Å². The highest BCUT2D eigenvalue weighted by Gasteiger charge is 2.37. The zero-order valence-electron chi connectivity index (χ0n) is 12.5. The number of hydrogen-bond donors (Lipinski definition) is 0. The number of esters is 1. The predicted octanol–water partition coefficient (Wildman–Crippen LogP) is 1.66. The van der Waals surface area contributed by atoms with Gasteiger partial charge in [-0.2, -0.15) is 0 Å². The highest BCUT2D eigenvalue weighted by molar-refractivity contribution is 5.85. The minimum Gasteiger partial charge on any atom is -0.460 e. The van der Waals surface area contributed by atoms with Crippen molar-refractivity contribution in [2.45, 2.75) is 38.9 Å². The summed E-state index contributed by atoms with van der Waals surface area (Å²) in [5, 5.41) is 0. The lowest BCUT2D eigenvalue weighted by Crippen LogP contribution is -2.48. The zero-order valence-corrected chi connectivity index (χ0v) is 12.5. The summed E-state index contributed by atoms with van der Waals surface area (Å²) in [6.07, 6.45) is 4.56. The summed E-state index contributed by atoms with van der Waals surface area (Å²) in [7, 11) is 0. The van der Waals surface area contributed by atoms with Crippen molar-refractivity contribution in [2.24, 2.45) is 5.92 Å². The van der Waals surface area contributed by atoms with Crippen molar-refractivity contribution in [3.63, 3.8) is 0 Å². The number of carbonyl (C=O) groups is 1. The standard InChI is InChI=1S/C15H21N3O3/c1-3-20-15(19)14-16-7-6-13(17-14)18-8-10(2)21-12(9-18)11-4-5-11/h6-7,10-12H,3-5,8-9H2,1-2H3/t10-,12+/m1/s1. The van der Waals surface area contributed by atoms with E-state index in [9.17, 15) is 4.79 Å². The summed E-state index contributed by atoms with van der Waals surface area (Å²) < 4.78 is 11.0. The Bertz CT molecular complexity index is 519. The third-order valence-electron chi connectivity index (χ3n) is 3.86. The van der Waals surface area contributed by atoms with Gasteiger partial charge >= 0.3 is 5.97 Å². The number of nitrogens with zero attached hydrogens (tertiary/aromatic N) is 3. The van der Waals surface area contributed by atoms with Crippen molar-refractivity contribution in [3.8, 4) is 0 Å². The maximum absolute atomic E-state index is 11.7. The first-order chi connectivity index (χ1) is 10.2. The molecule has 2 fully saturated rings. The van der Waals surface area contributed by atoms with Gasteiger partial charge in [0.25, 0.3) is 0 Å². The van der Waals surface area contributed by atoms with Gasteiger partial charge in [-0.25, -0.2) is 14.8 Å².